The van der Waals surface area contributed by atoms with Gasteiger partial charge in [-0.25, -0.2) is 0 Å². The van der Waals surface area contributed by atoms with Crippen LogP contribution in [-0.2, 0) is 9.53 Å². The molecule has 0 spiro atoms. The van der Waals surface area contributed by atoms with Gasteiger partial charge in [-0.2, -0.15) is 0 Å². The number of pyridine rings is 1. The number of rotatable bonds is 2. The van der Waals surface area contributed by atoms with Crippen LogP contribution in [0.2, 0.25) is 0 Å². The molecule has 1 amide bonds. The Morgan fingerprint density at radius 3 is 2.83 bits per heavy atom. The minimum absolute atomic E-state index is 0.0410. The van der Waals surface area contributed by atoms with Gasteiger partial charge in [0.2, 0.25) is 6.10 Å². The van der Waals surface area contributed by atoms with Crippen LogP contribution < -0.4 is 0 Å². The fourth-order valence-corrected chi connectivity index (χ4v) is 2.39. The highest BCUT2D eigenvalue weighted by atomic mass is 16.5. The summed E-state index contributed by atoms with van der Waals surface area (Å²) in [6.45, 7) is 1.65. The summed E-state index contributed by atoms with van der Waals surface area (Å²) >= 11 is 0. The minimum Gasteiger partial charge on any atom is -0.375 e. The number of hydrogen-bond donors (Lipinski definition) is 0. The zero-order chi connectivity index (χ0) is 12.4. The van der Waals surface area contributed by atoms with Gasteiger partial charge in [-0.3, -0.25) is 9.78 Å². The van der Waals surface area contributed by atoms with Gasteiger partial charge in [-0.15, -0.1) is 0 Å². The molecule has 2 aliphatic heterocycles. The molecule has 0 radical (unpaired) electrons. The van der Waals surface area contributed by atoms with E-state index < -0.39 is 6.04 Å². The summed E-state index contributed by atoms with van der Waals surface area (Å²) in [5, 5.41) is 0. The Balaban J connectivity index is 1.79. The third-order valence-corrected chi connectivity index (χ3v) is 3.36. The predicted molar refractivity (Wildman–Crippen MR) is 64.9 cm³/mol. The van der Waals surface area contributed by atoms with Gasteiger partial charge >= 0.3 is 18.2 Å². The summed E-state index contributed by atoms with van der Waals surface area (Å²) < 4.78 is 5.34. The maximum atomic E-state index is 12.3. The fourth-order valence-electron chi connectivity index (χ4n) is 2.39. The molecule has 0 saturated carbocycles. The Hall–Kier alpha value is -2.09. The van der Waals surface area contributed by atoms with Gasteiger partial charge in [0.15, 0.2) is 0 Å². The second-order valence-corrected chi connectivity index (χ2v) is 4.52. The van der Waals surface area contributed by atoms with Gasteiger partial charge in [-0.05, 0) is 29.8 Å². The Labute approximate surface area is 105 Å². The van der Waals surface area contributed by atoms with Crippen molar-refractivity contribution in [2.45, 2.75) is 25.0 Å². The quantitative estimate of drug-likeness (QED) is 0.739. The molecule has 3 heterocycles. The average molecular weight is 244 g/mol. The number of carbonyl (C=O) groups is 1. The Kier molecular flexibility index (Phi) is 2.85. The second-order valence-electron chi connectivity index (χ2n) is 4.52. The van der Waals surface area contributed by atoms with Gasteiger partial charge in [-0.1, -0.05) is 0 Å². The lowest BCUT2D eigenvalue weighted by molar-refractivity contribution is -0.132. The van der Waals surface area contributed by atoms with Crippen molar-refractivity contribution < 1.29 is 9.53 Å². The molecule has 5 heteroatoms. The highest BCUT2D eigenvalue weighted by Gasteiger charge is 2.47. The summed E-state index contributed by atoms with van der Waals surface area (Å²) in [6.07, 6.45) is 7.65. The third-order valence-electron chi connectivity index (χ3n) is 3.36. The van der Waals surface area contributed by atoms with Crippen molar-refractivity contribution in [3.05, 3.63) is 34.9 Å². The molecule has 0 bridgehead atoms. The largest absolute Gasteiger partial charge is 0.516 e. The smallest absolute Gasteiger partial charge is 0.375 e. The van der Waals surface area contributed by atoms with Crippen LogP contribution >= 0.6 is 0 Å². The zero-order valence-electron chi connectivity index (χ0n) is 9.95. The van der Waals surface area contributed by atoms with Crippen LogP contribution in [-0.4, -0.2) is 34.9 Å². The molecule has 1 saturated heterocycles. The van der Waals surface area contributed by atoms with Crippen LogP contribution in [0.5, 0.6) is 0 Å². The van der Waals surface area contributed by atoms with E-state index in [0.717, 1.165) is 31.5 Å². The van der Waals surface area contributed by atoms with Gasteiger partial charge in [0.1, 0.15) is 0 Å². The normalized spacial score (nSPS) is 25.4. The van der Waals surface area contributed by atoms with Crippen molar-refractivity contribution in [3.63, 3.8) is 0 Å². The SMILES string of the molecule is O=C([C@H]1[N+]#CO[C@@H]1c1ccncc1)N1CCCC1. The molecule has 18 heavy (non-hydrogen) atoms. The van der Waals surface area contributed by atoms with Crippen molar-refractivity contribution in [3.8, 4) is 6.26 Å². The first-order valence-corrected chi connectivity index (χ1v) is 6.15. The van der Waals surface area contributed by atoms with Gasteiger partial charge < -0.3 is 9.64 Å². The molecule has 1 aromatic heterocycles. The molecule has 5 nitrogen and oxygen atoms in total. The van der Waals surface area contributed by atoms with Crippen molar-refractivity contribution >= 4 is 5.91 Å². The fraction of sp³-hybridized carbons (Fsp3) is 0.462. The second kappa shape index (κ2) is 4.65. The standard InChI is InChI=1S/C13H14N3O2/c17-13(16-7-1-2-8-16)11-12(18-9-15-11)10-3-5-14-6-4-10/h3-6,11-12H,1-2,7-8H2/q+1/t11-,12+/m0/s1. The van der Waals surface area contributed by atoms with Crippen LogP contribution in [0.4, 0.5) is 0 Å². The number of carbonyl (C=O) groups excluding carboxylic acids is 1. The molecule has 0 aromatic carbocycles. The highest BCUT2D eigenvalue weighted by Crippen LogP contribution is 2.29. The molecular weight excluding hydrogens is 230 g/mol. The summed E-state index contributed by atoms with van der Waals surface area (Å²) in [5.74, 6) is 0.0410. The third kappa shape index (κ3) is 1.90. The first-order valence-electron chi connectivity index (χ1n) is 6.15. The maximum Gasteiger partial charge on any atom is 0.516 e. The van der Waals surface area contributed by atoms with Crippen molar-refractivity contribution in [1.82, 2.24) is 9.88 Å². The molecule has 0 unspecified atom stereocenters. The number of hydrogen-bond acceptors (Lipinski definition) is 3. The van der Waals surface area contributed by atoms with E-state index in [4.69, 9.17) is 4.74 Å². The molecular formula is C13H14N3O2+. The zero-order valence-corrected chi connectivity index (χ0v) is 9.95. The van der Waals surface area contributed by atoms with Crippen molar-refractivity contribution in [2.75, 3.05) is 13.1 Å². The lowest BCUT2D eigenvalue weighted by atomic mass is 10.0. The maximum absolute atomic E-state index is 12.3. The van der Waals surface area contributed by atoms with Crippen LogP contribution in [0.3, 0.4) is 0 Å². The van der Waals surface area contributed by atoms with E-state index in [0.29, 0.717) is 0 Å². The van der Waals surface area contributed by atoms with E-state index in [1.807, 2.05) is 17.0 Å². The number of amides is 1. The van der Waals surface area contributed by atoms with E-state index in [-0.39, 0.29) is 12.0 Å². The highest BCUT2D eigenvalue weighted by molar-refractivity contribution is 5.85. The van der Waals surface area contributed by atoms with Crippen LogP contribution in [0.1, 0.15) is 24.5 Å². The molecule has 0 aliphatic carbocycles. The molecule has 1 aromatic rings. The van der Waals surface area contributed by atoms with Crippen LogP contribution in [0.15, 0.2) is 24.5 Å². The van der Waals surface area contributed by atoms with Crippen molar-refractivity contribution in [1.29, 1.82) is 0 Å². The summed E-state index contributed by atoms with van der Waals surface area (Å²) in [4.78, 5) is 22.2. The number of nitrogens with zero attached hydrogens (tertiary/aromatic N) is 3. The van der Waals surface area contributed by atoms with Crippen LogP contribution in [0, 0.1) is 6.26 Å². The summed E-state index contributed by atoms with van der Waals surface area (Å²) in [5.41, 5.74) is 0.913. The topological polar surface area (TPSA) is 46.8 Å². The van der Waals surface area contributed by atoms with E-state index in [1.54, 1.807) is 12.4 Å². The molecule has 2 atom stereocenters. The monoisotopic (exact) mass is 244 g/mol. The number of likely N-dealkylation sites (tertiary alicyclic amines) is 1. The van der Waals surface area contributed by atoms with Crippen molar-refractivity contribution in [2.24, 2.45) is 0 Å². The molecule has 92 valence electrons. The average Bonchev–Trinajstić information content (AvgIpc) is 3.10. The predicted octanol–water partition coefficient (Wildman–Crippen LogP) is 1.43. The van der Waals surface area contributed by atoms with Gasteiger partial charge in [0, 0.05) is 31.0 Å². The molecule has 0 N–H and O–H groups in total. The lowest BCUT2D eigenvalue weighted by Crippen LogP contribution is -2.38. The summed E-state index contributed by atoms with van der Waals surface area (Å²) in [6, 6.07) is 3.19. The Morgan fingerprint density at radius 1 is 1.39 bits per heavy atom. The van der Waals surface area contributed by atoms with E-state index in [9.17, 15) is 4.79 Å². The van der Waals surface area contributed by atoms with Gasteiger partial charge in [0.05, 0.1) is 0 Å². The van der Waals surface area contributed by atoms with E-state index >= 15 is 0 Å². The van der Waals surface area contributed by atoms with E-state index in [1.165, 1.54) is 0 Å². The molecule has 2 aliphatic rings. The Morgan fingerprint density at radius 2 is 2.11 bits per heavy atom. The first-order chi connectivity index (χ1) is 8.86. The molecule has 3 rings (SSSR count). The van der Waals surface area contributed by atoms with E-state index in [2.05, 4.69) is 16.1 Å². The lowest BCUT2D eigenvalue weighted by Gasteiger charge is -2.16. The summed E-state index contributed by atoms with van der Waals surface area (Å²) in [7, 11) is 0. The minimum atomic E-state index is -0.495. The number of aromatic nitrogens is 1. The van der Waals surface area contributed by atoms with Gasteiger partial charge in [0.25, 0.3) is 0 Å². The van der Waals surface area contributed by atoms with Crippen LogP contribution in [0.25, 0.3) is 4.85 Å². The Bertz CT molecular complexity index is 500. The molecule has 1 fully saturated rings. The number of ether oxygens (including phenoxy) is 1. The first kappa shape index (κ1) is 11.0.